The zero-order chi connectivity index (χ0) is 10.1. The van der Waals surface area contributed by atoms with Crippen LogP contribution in [0.25, 0.3) is 0 Å². The Labute approximate surface area is 79.8 Å². The molecule has 1 N–H and O–H groups in total. The molecule has 2 atom stereocenters. The number of hydrogen-bond donors (Lipinski definition) is 1. The summed E-state index contributed by atoms with van der Waals surface area (Å²) in [4.78, 5) is 11.2. The minimum Gasteiger partial charge on any atom is -0.468 e. The highest BCUT2D eigenvalue weighted by molar-refractivity contribution is 5.76. The second-order valence-corrected chi connectivity index (χ2v) is 4.33. The minimum absolute atomic E-state index is 0.0961. The summed E-state index contributed by atoms with van der Waals surface area (Å²) in [5.74, 6) is 0.409. The average Bonchev–Trinajstić information content (AvgIpc) is 2.48. The summed E-state index contributed by atoms with van der Waals surface area (Å²) in [6.45, 7) is 6.51. The Balaban J connectivity index is 2.58. The first kappa shape index (κ1) is 10.5. The lowest BCUT2D eigenvalue weighted by atomic mass is 9.87. The Morgan fingerprint density at radius 2 is 2.23 bits per heavy atom. The second-order valence-electron chi connectivity index (χ2n) is 4.33. The Morgan fingerprint density at radius 3 is 2.62 bits per heavy atom. The van der Waals surface area contributed by atoms with E-state index in [2.05, 4.69) is 26.1 Å². The molecule has 0 bridgehead atoms. The van der Waals surface area contributed by atoms with Gasteiger partial charge in [0, 0.05) is 5.54 Å². The average molecular weight is 185 g/mol. The molecule has 1 fully saturated rings. The summed E-state index contributed by atoms with van der Waals surface area (Å²) in [5.41, 5.74) is 0.0961. The van der Waals surface area contributed by atoms with Crippen molar-refractivity contribution in [1.29, 1.82) is 0 Å². The van der Waals surface area contributed by atoms with Gasteiger partial charge in [-0.3, -0.25) is 10.1 Å². The fourth-order valence-corrected chi connectivity index (χ4v) is 1.76. The number of ether oxygens (including phenoxy) is 1. The van der Waals surface area contributed by atoms with Gasteiger partial charge in [0.2, 0.25) is 0 Å². The number of hydrogen-bond acceptors (Lipinski definition) is 3. The third-order valence-electron chi connectivity index (χ3n) is 3.22. The summed E-state index contributed by atoms with van der Waals surface area (Å²) in [6.07, 6.45) is 1.94. The van der Waals surface area contributed by atoms with Crippen molar-refractivity contribution in [2.75, 3.05) is 7.11 Å². The highest BCUT2D eigenvalue weighted by Gasteiger charge is 2.39. The molecule has 0 aromatic rings. The smallest absolute Gasteiger partial charge is 0.322 e. The third-order valence-corrected chi connectivity index (χ3v) is 3.22. The van der Waals surface area contributed by atoms with Crippen molar-refractivity contribution in [1.82, 2.24) is 5.32 Å². The Morgan fingerprint density at radius 1 is 1.62 bits per heavy atom. The quantitative estimate of drug-likeness (QED) is 0.659. The van der Waals surface area contributed by atoms with Crippen LogP contribution < -0.4 is 5.32 Å². The largest absolute Gasteiger partial charge is 0.468 e. The van der Waals surface area contributed by atoms with E-state index in [0.717, 1.165) is 12.8 Å². The molecule has 2 unspecified atom stereocenters. The van der Waals surface area contributed by atoms with Gasteiger partial charge in [-0.25, -0.2) is 0 Å². The molecular weight excluding hydrogens is 166 g/mol. The molecule has 3 heteroatoms. The van der Waals surface area contributed by atoms with Crippen molar-refractivity contribution < 1.29 is 9.53 Å². The molecule has 0 radical (unpaired) electrons. The fourth-order valence-electron chi connectivity index (χ4n) is 1.76. The van der Waals surface area contributed by atoms with Gasteiger partial charge in [0.1, 0.15) is 6.04 Å². The van der Waals surface area contributed by atoms with Gasteiger partial charge in [-0.2, -0.15) is 0 Å². The number of esters is 1. The van der Waals surface area contributed by atoms with Crippen LogP contribution in [0.1, 0.15) is 33.6 Å². The molecule has 1 aliphatic rings. The topological polar surface area (TPSA) is 38.3 Å². The highest BCUT2D eigenvalue weighted by Crippen LogP contribution is 2.30. The van der Waals surface area contributed by atoms with E-state index in [1.54, 1.807) is 0 Å². The molecule has 0 aromatic carbocycles. The van der Waals surface area contributed by atoms with Crippen LogP contribution in [0.3, 0.4) is 0 Å². The van der Waals surface area contributed by atoms with Gasteiger partial charge in [-0.15, -0.1) is 0 Å². The van der Waals surface area contributed by atoms with Gasteiger partial charge in [0.15, 0.2) is 0 Å². The van der Waals surface area contributed by atoms with Crippen LogP contribution in [0.4, 0.5) is 0 Å². The molecule has 76 valence electrons. The van der Waals surface area contributed by atoms with Crippen molar-refractivity contribution in [2.24, 2.45) is 5.92 Å². The van der Waals surface area contributed by atoms with Crippen LogP contribution >= 0.6 is 0 Å². The minimum atomic E-state index is -0.135. The molecule has 13 heavy (non-hydrogen) atoms. The van der Waals surface area contributed by atoms with E-state index >= 15 is 0 Å². The Kier molecular flexibility index (Phi) is 2.96. The van der Waals surface area contributed by atoms with Crippen LogP contribution in [0, 0.1) is 5.92 Å². The predicted molar refractivity (Wildman–Crippen MR) is 51.4 cm³/mol. The first-order valence-corrected chi connectivity index (χ1v) is 4.85. The lowest BCUT2D eigenvalue weighted by Gasteiger charge is -2.29. The molecule has 1 heterocycles. The molecule has 0 saturated carbocycles. The molecule has 0 aromatic heterocycles. The van der Waals surface area contributed by atoms with Crippen LogP contribution in [-0.2, 0) is 9.53 Å². The predicted octanol–water partition coefficient (Wildman–Crippen LogP) is 1.33. The normalized spacial score (nSPS) is 33.8. The molecule has 1 rings (SSSR count). The first-order chi connectivity index (χ1) is 5.99. The van der Waals surface area contributed by atoms with E-state index in [4.69, 9.17) is 4.74 Å². The summed E-state index contributed by atoms with van der Waals surface area (Å²) < 4.78 is 4.71. The van der Waals surface area contributed by atoms with Gasteiger partial charge in [-0.05, 0) is 25.7 Å². The molecule has 1 aliphatic heterocycles. The maximum Gasteiger partial charge on any atom is 0.322 e. The summed E-state index contributed by atoms with van der Waals surface area (Å²) in [6, 6.07) is -0.0996. The standard InChI is InChI=1S/C10H19NO2/c1-7(2)10(3)6-5-8(11-10)9(12)13-4/h7-8,11H,5-6H2,1-4H3. The van der Waals surface area contributed by atoms with E-state index in [9.17, 15) is 4.79 Å². The van der Waals surface area contributed by atoms with E-state index in [1.165, 1.54) is 7.11 Å². The third kappa shape index (κ3) is 2.02. The Bertz CT molecular complexity index is 203. The number of rotatable bonds is 2. The van der Waals surface area contributed by atoms with Crippen molar-refractivity contribution >= 4 is 5.97 Å². The van der Waals surface area contributed by atoms with E-state index < -0.39 is 0 Å². The fraction of sp³-hybridized carbons (Fsp3) is 0.900. The van der Waals surface area contributed by atoms with Crippen LogP contribution in [0.5, 0.6) is 0 Å². The number of methoxy groups -OCH3 is 1. The van der Waals surface area contributed by atoms with Gasteiger partial charge >= 0.3 is 5.97 Å². The first-order valence-electron chi connectivity index (χ1n) is 4.85. The maximum atomic E-state index is 11.2. The lowest BCUT2D eigenvalue weighted by Crippen LogP contribution is -2.47. The van der Waals surface area contributed by atoms with Crippen LogP contribution in [0.15, 0.2) is 0 Å². The molecule has 0 aliphatic carbocycles. The lowest BCUT2D eigenvalue weighted by molar-refractivity contribution is -0.142. The molecule has 0 spiro atoms. The van der Waals surface area contributed by atoms with Gasteiger partial charge in [0.05, 0.1) is 7.11 Å². The Hall–Kier alpha value is -0.570. The van der Waals surface area contributed by atoms with E-state index in [-0.39, 0.29) is 17.6 Å². The zero-order valence-corrected chi connectivity index (χ0v) is 8.89. The zero-order valence-electron chi connectivity index (χ0n) is 8.89. The van der Waals surface area contributed by atoms with E-state index in [1.807, 2.05) is 0 Å². The summed E-state index contributed by atoms with van der Waals surface area (Å²) >= 11 is 0. The highest BCUT2D eigenvalue weighted by atomic mass is 16.5. The maximum absolute atomic E-state index is 11.2. The number of nitrogens with one attached hydrogen (secondary N) is 1. The molecule has 3 nitrogen and oxygen atoms in total. The van der Waals surface area contributed by atoms with Gasteiger partial charge in [0.25, 0.3) is 0 Å². The number of carbonyl (C=O) groups excluding carboxylic acids is 1. The molecule has 0 amide bonds. The second kappa shape index (κ2) is 3.66. The van der Waals surface area contributed by atoms with Crippen molar-refractivity contribution in [2.45, 2.75) is 45.2 Å². The summed E-state index contributed by atoms with van der Waals surface area (Å²) in [7, 11) is 1.44. The van der Waals surface area contributed by atoms with E-state index in [0.29, 0.717) is 5.92 Å². The van der Waals surface area contributed by atoms with Crippen LogP contribution in [-0.4, -0.2) is 24.7 Å². The number of carbonyl (C=O) groups is 1. The van der Waals surface area contributed by atoms with Crippen molar-refractivity contribution in [3.05, 3.63) is 0 Å². The van der Waals surface area contributed by atoms with Crippen molar-refractivity contribution in [3.8, 4) is 0 Å². The monoisotopic (exact) mass is 185 g/mol. The molecular formula is C10H19NO2. The summed E-state index contributed by atoms with van der Waals surface area (Å²) in [5, 5.41) is 3.34. The molecule has 1 saturated heterocycles. The van der Waals surface area contributed by atoms with Gasteiger partial charge < -0.3 is 4.74 Å². The van der Waals surface area contributed by atoms with Gasteiger partial charge in [-0.1, -0.05) is 13.8 Å². The van der Waals surface area contributed by atoms with Crippen molar-refractivity contribution in [3.63, 3.8) is 0 Å². The SMILES string of the molecule is COC(=O)C1CCC(C)(C(C)C)N1. The van der Waals surface area contributed by atoms with Crippen LogP contribution in [0.2, 0.25) is 0 Å².